The van der Waals surface area contributed by atoms with Crippen LogP contribution in [0.3, 0.4) is 0 Å². The van der Waals surface area contributed by atoms with Crippen molar-refractivity contribution < 1.29 is 13.6 Å². The van der Waals surface area contributed by atoms with Crippen molar-refractivity contribution in [2.75, 3.05) is 11.9 Å². The van der Waals surface area contributed by atoms with Crippen molar-refractivity contribution in [2.45, 2.75) is 19.6 Å². The second kappa shape index (κ2) is 11.8. The van der Waals surface area contributed by atoms with Gasteiger partial charge in [-0.2, -0.15) is 5.26 Å². The highest BCUT2D eigenvalue weighted by atomic mass is 19.2. The first kappa shape index (κ1) is 27.2. The molecule has 0 saturated heterocycles. The third-order valence-electron chi connectivity index (χ3n) is 6.72. The van der Waals surface area contributed by atoms with Crippen LogP contribution in [0, 0.1) is 23.0 Å². The zero-order valence-corrected chi connectivity index (χ0v) is 22.1. The normalized spacial score (nSPS) is 10.8. The molecule has 0 atom stereocenters. The fraction of sp³-hybridized carbons (Fsp3) is 0.125. The summed E-state index contributed by atoms with van der Waals surface area (Å²) in [6, 6.07) is 24.0. The van der Waals surface area contributed by atoms with Crippen LogP contribution in [-0.2, 0) is 19.6 Å². The molecule has 7 nitrogen and oxygen atoms in total. The number of anilines is 1. The second-order valence-electron chi connectivity index (χ2n) is 9.61. The van der Waals surface area contributed by atoms with E-state index in [4.69, 9.17) is 0 Å². The third-order valence-corrected chi connectivity index (χ3v) is 6.72. The van der Waals surface area contributed by atoms with Gasteiger partial charge in [-0.05, 0) is 53.1 Å². The van der Waals surface area contributed by atoms with Crippen LogP contribution in [0.15, 0.2) is 96.1 Å². The van der Waals surface area contributed by atoms with E-state index in [1.165, 1.54) is 22.9 Å². The highest BCUT2D eigenvalue weighted by Crippen LogP contribution is 2.30. The van der Waals surface area contributed by atoms with Gasteiger partial charge in [-0.1, -0.05) is 42.5 Å². The average molecular weight is 550 g/mol. The largest absolute Gasteiger partial charge is 0.369 e. The summed E-state index contributed by atoms with van der Waals surface area (Å²) in [5.41, 5.74) is 3.48. The van der Waals surface area contributed by atoms with Crippen molar-refractivity contribution in [2.24, 2.45) is 0 Å². The van der Waals surface area contributed by atoms with Crippen molar-refractivity contribution in [3.8, 4) is 6.07 Å². The van der Waals surface area contributed by atoms with E-state index in [1.54, 1.807) is 12.3 Å². The molecule has 1 N–H and O–H groups in total. The van der Waals surface area contributed by atoms with E-state index in [-0.39, 0.29) is 18.7 Å². The van der Waals surface area contributed by atoms with E-state index < -0.39 is 23.1 Å². The van der Waals surface area contributed by atoms with Crippen LogP contribution in [0.4, 0.5) is 14.5 Å². The maximum Gasteiger partial charge on any atom is 0.263 e. The summed E-state index contributed by atoms with van der Waals surface area (Å²) in [4.78, 5) is 32.4. The van der Waals surface area contributed by atoms with E-state index in [0.717, 1.165) is 34.3 Å². The van der Waals surface area contributed by atoms with Crippen LogP contribution in [0.5, 0.6) is 0 Å². The van der Waals surface area contributed by atoms with E-state index in [1.807, 2.05) is 60.5 Å². The van der Waals surface area contributed by atoms with E-state index in [2.05, 4.69) is 16.4 Å². The van der Waals surface area contributed by atoms with Gasteiger partial charge in [0.2, 0.25) is 0 Å². The molecule has 204 valence electrons. The summed E-state index contributed by atoms with van der Waals surface area (Å²) in [7, 11) is 1.91. The maximum absolute atomic E-state index is 13.6. The molecule has 9 heteroatoms. The monoisotopic (exact) mass is 549 g/mol. The van der Waals surface area contributed by atoms with Gasteiger partial charge in [0, 0.05) is 37.9 Å². The Morgan fingerprint density at radius 3 is 2.51 bits per heavy atom. The van der Waals surface area contributed by atoms with Crippen LogP contribution in [-0.4, -0.2) is 22.5 Å². The van der Waals surface area contributed by atoms with Crippen LogP contribution in [0.2, 0.25) is 0 Å². The molecular formula is C32H25F2N5O2. The van der Waals surface area contributed by atoms with Crippen molar-refractivity contribution in [3.63, 3.8) is 0 Å². The molecule has 1 amide bonds. The lowest BCUT2D eigenvalue weighted by molar-refractivity contribution is 0.0949. The molecule has 0 bridgehead atoms. The summed E-state index contributed by atoms with van der Waals surface area (Å²) < 4.78 is 28.1. The van der Waals surface area contributed by atoms with Gasteiger partial charge in [-0.3, -0.25) is 14.6 Å². The molecule has 0 unspecified atom stereocenters. The topological polar surface area (TPSA) is 91.0 Å². The van der Waals surface area contributed by atoms with Gasteiger partial charge in [-0.25, -0.2) is 8.78 Å². The summed E-state index contributed by atoms with van der Waals surface area (Å²) in [5, 5.41) is 13.3. The van der Waals surface area contributed by atoms with Gasteiger partial charge in [0.15, 0.2) is 11.6 Å². The molecule has 41 heavy (non-hydrogen) atoms. The Morgan fingerprint density at radius 2 is 1.76 bits per heavy atom. The zero-order chi connectivity index (χ0) is 28.9. The third kappa shape index (κ3) is 5.97. The number of nitrogens with zero attached hydrogens (tertiary/aromatic N) is 4. The molecule has 5 aromatic rings. The van der Waals surface area contributed by atoms with Crippen molar-refractivity contribution >= 4 is 22.5 Å². The van der Waals surface area contributed by atoms with Crippen LogP contribution in [0.1, 0.15) is 32.6 Å². The summed E-state index contributed by atoms with van der Waals surface area (Å²) in [5.74, 6) is -2.55. The summed E-state index contributed by atoms with van der Waals surface area (Å²) >= 11 is 0. The maximum atomic E-state index is 13.6. The van der Waals surface area contributed by atoms with Gasteiger partial charge >= 0.3 is 0 Å². The Kier molecular flexibility index (Phi) is 7.83. The van der Waals surface area contributed by atoms with Gasteiger partial charge < -0.3 is 14.8 Å². The minimum atomic E-state index is -1.01. The molecular weight excluding hydrogens is 524 g/mol. The molecule has 2 aromatic heterocycles. The molecule has 0 aliphatic carbocycles. The smallest absolute Gasteiger partial charge is 0.263 e. The van der Waals surface area contributed by atoms with Gasteiger partial charge in [0.05, 0.1) is 23.3 Å². The van der Waals surface area contributed by atoms with E-state index in [0.29, 0.717) is 23.2 Å². The number of carbonyl (C=O) groups excluding carboxylic acids is 1. The molecule has 3 aromatic carbocycles. The number of halogens is 2. The summed E-state index contributed by atoms with van der Waals surface area (Å²) in [6.45, 7) is 0.695. The second-order valence-corrected chi connectivity index (χ2v) is 9.61. The lowest BCUT2D eigenvalue weighted by Gasteiger charge is -2.22. The van der Waals surface area contributed by atoms with Crippen LogP contribution >= 0.6 is 0 Å². The first-order valence-electron chi connectivity index (χ1n) is 12.8. The Morgan fingerprint density at radius 1 is 0.976 bits per heavy atom. The van der Waals surface area contributed by atoms with Crippen molar-refractivity contribution in [1.82, 2.24) is 14.9 Å². The van der Waals surface area contributed by atoms with E-state index >= 15 is 0 Å². The molecule has 0 aliphatic heterocycles. The number of rotatable bonds is 8. The van der Waals surface area contributed by atoms with Gasteiger partial charge in [-0.15, -0.1) is 0 Å². The number of benzene rings is 3. The minimum Gasteiger partial charge on any atom is -0.369 e. The Bertz CT molecular complexity index is 1850. The first-order chi connectivity index (χ1) is 19.8. The predicted octanol–water partition coefficient (Wildman–Crippen LogP) is 5.16. The Labute approximate surface area is 234 Å². The molecule has 0 saturated carbocycles. The van der Waals surface area contributed by atoms with Crippen LogP contribution in [0.25, 0.3) is 10.9 Å². The molecule has 2 heterocycles. The summed E-state index contributed by atoms with van der Waals surface area (Å²) in [6.07, 6.45) is 3.04. The lowest BCUT2D eigenvalue weighted by atomic mass is 10.0. The minimum absolute atomic E-state index is 0.0185. The number of nitriles is 1. The number of aromatic nitrogens is 2. The van der Waals surface area contributed by atoms with Crippen molar-refractivity contribution in [3.05, 3.63) is 141 Å². The molecule has 5 rings (SSSR count). The van der Waals surface area contributed by atoms with Crippen LogP contribution < -0.4 is 15.8 Å². The number of nitrogens with one attached hydrogen (secondary N) is 1. The standard InChI is InChI=1S/C32H25F2N5O2/c1-38(19-21-6-3-2-4-7-21)30-24(16-35)18-36-29-12-10-22(14-26(29)30)17-37-31(40)25-8-5-13-39(32(25)41)20-23-9-11-27(33)28(34)15-23/h2-15,18H,17,19-20H2,1H3,(H,37,40). The number of carbonyl (C=O) groups is 1. The average Bonchev–Trinajstić information content (AvgIpc) is 2.98. The SMILES string of the molecule is CN(Cc1ccccc1)c1c(C#N)cnc2ccc(CNC(=O)c3cccn(Cc4ccc(F)c(F)c4)c3=O)cc12. The Balaban J connectivity index is 1.37. The number of fused-ring (bicyclic) bond motifs is 1. The zero-order valence-electron chi connectivity index (χ0n) is 22.1. The van der Waals surface area contributed by atoms with Crippen molar-refractivity contribution in [1.29, 1.82) is 5.26 Å². The number of hydrogen-bond acceptors (Lipinski definition) is 5. The number of amides is 1. The quantitative estimate of drug-likeness (QED) is 0.289. The fourth-order valence-electron chi connectivity index (χ4n) is 4.71. The molecule has 0 radical (unpaired) electrons. The molecule has 0 aliphatic rings. The number of hydrogen-bond donors (Lipinski definition) is 1. The first-order valence-corrected chi connectivity index (χ1v) is 12.8. The Hall–Kier alpha value is -5.36. The predicted molar refractivity (Wildman–Crippen MR) is 152 cm³/mol. The highest BCUT2D eigenvalue weighted by molar-refractivity contribution is 5.95. The highest BCUT2D eigenvalue weighted by Gasteiger charge is 2.16. The molecule has 0 spiro atoms. The van der Waals surface area contributed by atoms with Gasteiger partial charge in [0.1, 0.15) is 11.6 Å². The molecule has 0 fully saturated rings. The van der Waals surface area contributed by atoms with E-state index in [9.17, 15) is 23.6 Å². The number of pyridine rings is 2. The van der Waals surface area contributed by atoms with Gasteiger partial charge in [0.25, 0.3) is 11.5 Å². The fourth-order valence-corrected chi connectivity index (χ4v) is 4.71. The lowest BCUT2D eigenvalue weighted by Crippen LogP contribution is -2.32.